The molecule has 0 amide bonds. The molecule has 16 heavy (non-hydrogen) atoms. The van der Waals surface area contributed by atoms with Crippen LogP contribution in [-0.4, -0.2) is 16.8 Å². The highest BCUT2D eigenvalue weighted by Crippen LogP contribution is 2.51. The van der Waals surface area contributed by atoms with Crippen molar-refractivity contribution in [1.29, 1.82) is 0 Å². The van der Waals surface area contributed by atoms with Crippen molar-refractivity contribution in [2.24, 2.45) is 5.92 Å². The van der Waals surface area contributed by atoms with E-state index in [4.69, 9.17) is 4.74 Å². The van der Waals surface area contributed by atoms with Crippen molar-refractivity contribution in [3.63, 3.8) is 0 Å². The topological polar surface area (TPSA) is 29.5 Å². The van der Waals surface area contributed by atoms with Crippen LogP contribution in [0, 0.1) is 5.92 Å². The smallest absolute Gasteiger partial charge is 0.0725 e. The molecule has 2 aliphatic rings. The third kappa shape index (κ3) is 2.00. The minimum Gasteiger partial charge on any atom is -0.389 e. The molecule has 2 nitrogen and oxygen atoms in total. The second kappa shape index (κ2) is 3.86. The van der Waals surface area contributed by atoms with Crippen molar-refractivity contribution in [3.8, 4) is 0 Å². The summed E-state index contributed by atoms with van der Waals surface area (Å²) in [7, 11) is 0. The summed E-state index contributed by atoms with van der Waals surface area (Å²) in [5, 5.41) is 10.1. The first-order valence-corrected chi connectivity index (χ1v) is 6.14. The number of aliphatic hydroxyl groups is 1. The van der Waals surface area contributed by atoms with Gasteiger partial charge in [0.1, 0.15) is 0 Å². The predicted molar refractivity (Wildman–Crippen MR) is 61.9 cm³/mol. The summed E-state index contributed by atoms with van der Waals surface area (Å²) >= 11 is 0. The Labute approximate surface area is 96.2 Å². The Morgan fingerprint density at radius 1 is 1.19 bits per heavy atom. The molecule has 0 aromatic heterocycles. The van der Waals surface area contributed by atoms with Gasteiger partial charge in [0, 0.05) is 12.8 Å². The van der Waals surface area contributed by atoms with Crippen LogP contribution in [0.25, 0.3) is 0 Å². The maximum Gasteiger partial charge on any atom is 0.0725 e. The van der Waals surface area contributed by atoms with Gasteiger partial charge >= 0.3 is 0 Å². The molecule has 1 aromatic rings. The highest BCUT2D eigenvalue weighted by atomic mass is 16.5. The molecular formula is C14H18O2. The van der Waals surface area contributed by atoms with Gasteiger partial charge in [0.25, 0.3) is 0 Å². The molecule has 2 fully saturated rings. The molecule has 0 bridgehead atoms. The molecule has 0 unspecified atom stereocenters. The first kappa shape index (κ1) is 10.3. The fourth-order valence-electron chi connectivity index (χ4n) is 2.59. The molecule has 1 aromatic carbocycles. The maximum absolute atomic E-state index is 10.1. The van der Waals surface area contributed by atoms with E-state index in [1.54, 1.807) is 0 Å². The Hall–Kier alpha value is -0.860. The lowest BCUT2D eigenvalue weighted by Gasteiger charge is -2.43. The zero-order valence-corrected chi connectivity index (χ0v) is 9.43. The Morgan fingerprint density at radius 3 is 2.50 bits per heavy atom. The molecule has 0 aliphatic heterocycles. The normalized spacial score (nSPS) is 33.4. The van der Waals surface area contributed by atoms with Crippen molar-refractivity contribution in [3.05, 3.63) is 35.9 Å². The Kier molecular flexibility index (Phi) is 2.49. The fourth-order valence-corrected chi connectivity index (χ4v) is 2.59. The zero-order chi connectivity index (χ0) is 11.0. The highest BCUT2D eigenvalue weighted by Gasteiger charge is 2.52. The lowest BCUT2D eigenvalue weighted by atomic mass is 9.74. The van der Waals surface area contributed by atoms with E-state index in [-0.39, 0.29) is 11.7 Å². The summed E-state index contributed by atoms with van der Waals surface area (Å²) in [6.45, 7) is 0.673. The van der Waals surface area contributed by atoms with Crippen LogP contribution in [0.3, 0.4) is 0 Å². The van der Waals surface area contributed by atoms with E-state index in [9.17, 15) is 5.11 Å². The van der Waals surface area contributed by atoms with E-state index >= 15 is 0 Å². The van der Waals surface area contributed by atoms with E-state index in [0.717, 1.165) is 12.8 Å². The number of ether oxygens (including phenoxy) is 1. The second-order valence-corrected chi connectivity index (χ2v) is 5.20. The van der Waals surface area contributed by atoms with Gasteiger partial charge in [0.2, 0.25) is 0 Å². The molecular weight excluding hydrogens is 200 g/mol. The summed E-state index contributed by atoms with van der Waals surface area (Å²) in [5.74, 6) is 0.573. The molecule has 0 spiro atoms. The molecule has 3 rings (SSSR count). The van der Waals surface area contributed by atoms with Crippen LogP contribution >= 0.6 is 0 Å². The third-order valence-corrected chi connectivity index (χ3v) is 3.83. The average molecular weight is 218 g/mol. The largest absolute Gasteiger partial charge is 0.389 e. The van der Waals surface area contributed by atoms with Crippen molar-refractivity contribution < 1.29 is 9.84 Å². The van der Waals surface area contributed by atoms with Gasteiger partial charge in [-0.15, -0.1) is 0 Å². The predicted octanol–water partition coefficient (Wildman–Crippen LogP) is 2.51. The van der Waals surface area contributed by atoms with Crippen LogP contribution in [0.15, 0.2) is 30.3 Å². The Morgan fingerprint density at radius 2 is 1.88 bits per heavy atom. The van der Waals surface area contributed by atoms with Gasteiger partial charge in [-0.25, -0.2) is 0 Å². The van der Waals surface area contributed by atoms with Crippen molar-refractivity contribution >= 4 is 0 Å². The molecule has 2 aliphatic carbocycles. The Bertz CT molecular complexity index is 350. The van der Waals surface area contributed by atoms with Crippen LogP contribution in [-0.2, 0) is 11.3 Å². The maximum atomic E-state index is 10.1. The summed E-state index contributed by atoms with van der Waals surface area (Å²) in [4.78, 5) is 0. The second-order valence-electron chi connectivity index (χ2n) is 5.20. The van der Waals surface area contributed by atoms with Crippen LogP contribution < -0.4 is 0 Å². The first-order valence-electron chi connectivity index (χ1n) is 6.14. The van der Waals surface area contributed by atoms with E-state index in [0.29, 0.717) is 12.5 Å². The van der Waals surface area contributed by atoms with Gasteiger partial charge in [-0.3, -0.25) is 0 Å². The molecule has 86 valence electrons. The summed E-state index contributed by atoms with van der Waals surface area (Å²) in [5.41, 5.74) is 0.839. The average Bonchev–Trinajstić information content (AvgIpc) is 3.08. The quantitative estimate of drug-likeness (QED) is 0.841. The van der Waals surface area contributed by atoms with Crippen molar-refractivity contribution in [2.75, 3.05) is 0 Å². The van der Waals surface area contributed by atoms with E-state index in [2.05, 4.69) is 12.1 Å². The number of rotatable bonds is 4. The number of hydrogen-bond acceptors (Lipinski definition) is 2. The highest BCUT2D eigenvalue weighted by molar-refractivity contribution is 5.13. The van der Waals surface area contributed by atoms with Crippen molar-refractivity contribution in [2.45, 2.75) is 44.0 Å². The monoisotopic (exact) mass is 218 g/mol. The van der Waals surface area contributed by atoms with Gasteiger partial charge in [-0.2, -0.15) is 0 Å². The SMILES string of the molecule is OC1(C2CC2)CC(OCc2ccccc2)C1. The lowest BCUT2D eigenvalue weighted by molar-refractivity contribution is -0.155. The summed E-state index contributed by atoms with van der Waals surface area (Å²) in [6.07, 6.45) is 4.37. The van der Waals surface area contributed by atoms with E-state index < -0.39 is 0 Å². The Balaban J connectivity index is 1.45. The first-order chi connectivity index (χ1) is 7.76. The van der Waals surface area contributed by atoms with Crippen LogP contribution in [0.4, 0.5) is 0 Å². The zero-order valence-electron chi connectivity index (χ0n) is 9.43. The van der Waals surface area contributed by atoms with Crippen molar-refractivity contribution in [1.82, 2.24) is 0 Å². The standard InChI is InChI=1S/C14H18O2/c15-14(12-6-7-12)8-13(9-14)16-10-11-4-2-1-3-5-11/h1-5,12-13,15H,6-10H2. The minimum absolute atomic E-state index is 0.269. The summed E-state index contributed by atoms with van der Waals surface area (Å²) in [6, 6.07) is 10.2. The molecule has 0 radical (unpaired) electrons. The van der Waals surface area contributed by atoms with Gasteiger partial charge in [0.05, 0.1) is 18.3 Å². The number of hydrogen-bond donors (Lipinski definition) is 1. The van der Waals surface area contributed by atoms with Gasteiger partial charge in [-0.1, -0.05) is 30.3 Å². The fraction of sp³-hybridized carbons (Fsp3) is 0.571. The molecule has 1 N–H and O–H groups in total. The van der Waals surface area contributed by atoms with Gasteiger partial charge in [-0.05, 0) is 24.3 Å². The van der Waals surface area contributed by atoms with Gasteiger partial charge < -0.3 is 9.84 Å². The van der Waals surface area contributed by atoms with Crippen LogP contribution in [0.1, 0.15) is 31.2 Å². The number of benzene rings is 1. The lowest BCUT2D eigenvalue weighted by Crippen LogP contribution is -2.49. The van der Waals surface area contributed by atoms with Crippen LogP contribution in [0.5, 0.6) is 0 Å². The molecule has 2 heteroatoms. The molecule has 0 heterocycles. The molecule has 0 saturated heterocycles. The summed E-state index contributed by atoms with van der Waals surface area (Å²) < 4.78 is 5.78. The van der Waals surface area contributed by atoms with Crippen LogP contribution in [0.2, 0.25) is 0 Å². The molecule has 0 atom stereocenters. The minimum atomic E-state index is -0.374. The third-order valence-electron chi connectivity index (χ3n) is 3.83. The molecule has 2 saturated carbocycles. The van der Waals surface area contributed by atoms with E-state index in [1.807, 2.05) is 18.2 Å². The van der Waals surface area contributed by atoms with Gasteiger partial charge in [0.15, 0.2) is 0 Å². The van der Waals surface area contributed by atoms with E-state index in [1.165, 1.54) is 18.4 Å².